The second-order valence-electron chi connectivity index (χ2n) is 6.50. The zero-order chi connectivity index (χ0) is 15.6. The molecule has 1 saturated heterocycles. The standard InChI is InChI=1S/C18H23NO3/c1-18(2)8-7-15-13-14(3-5-16(15)22-18)4-6-17(20)19-9-11-21-12-10-19/h3-6,13H,7-12H2,1-2H3. The van der Waals surface area contributed by atoms with Crippen LogP contribution in [-0.2, 0) is 16.0 Å². The molecule has 2 aliphatic heterocycles. The molecule has 22 heavy (non-hydrogen) atoms. The lowest BCUT2D eigenvalue weighted by molar-refractivity contribution is -0.129. The lowest BCUT2D eigenvalue weighted by Crippen LogP contribution is -2.39. The van der Waals surface area contributed by atoms with Crippen molar-refractivity contribution in [1.82, 2.24) is 4.90 Å². The molecule has 1 amide bonds. The van der Waals surface area contributed by atoms with Crippen LogP contribution in [0, 0.1) is 0 Å². The molecule has 1 fully saturated rings. The number of fused-ring (bicyclic) bond motifs is 1. The van der Waals surface area contributed by atoms with E-state index in [1.165, 1.54) is 5.56 Å². The first-order chi connectivity index (χ1) is 10.5. The van der Waals surface area contributed by atoms with Crippen molar-refractivity contribution in [2.75, 3.05) is 26.3 Å². The monoisotopic (exact) mass is 301 g/mol. The van der Waals surface area contributed by atoms with Crippen molar-refractivity contribution in [2.45, 2.75) is 32.3 Å². The van der Waals surface area contributed by atoms with Gasteiger partial charge in [-0.3, -0.25) is 4.79 Å². The molecule has 0 aliphatic carbocycles. The average Bonchev–Trinajstić information content (AvgIpc) is 2.52. The minimum absolute atomic E-state index is 0.0541. The first-order valence-electron chi connectivity index (χ1n) is 7.90. The Morgan fingerprint density at radius 1 is 1.27 bits per heavy atom. The van der Waals surface area contributed by atoms with Crippen molar-refractivity contribution in [3.63, 3.8) is 0 Å². The smallest absolute Gasteiger partial charge is 0.246 e. The first kappa shape index (κ1) is 15.1. The molecular weight excluding hydrogens is 278 g/mol. The minimum Gasteiger partial charge on any atom is -0.488 e. The van der Waals surface area contributed by atoms with Crippen LogP contribution in [0.15, 0.2) is 24.3 Å². The predicted octanol–water partition coefficient (Wildman–Crippen LogP) is 2.66. The van der Waals surface area contributed by atoms with E-state index in [1.54, 1.807) is 6.08 Å². The molecule has 4 nitrogen and oxygen atoms in total. The van der Waals surface area contributed by atoms with Crippen LogP contribution in [0.2, 0.25) is 0 Å². The molecule has 1 aromatic rings. The van der Waals surface area contributed by atoms with E-state index in [-0.39, 0.29) is 11.5 Å². The molecule has 0 N–H and O–H groups in total. The van der Waals surface area contributed by atoms with Gasteiger partial charge in [-0.2, -0.15) is 0 Å². The van der Waals surface area contributed by atoms with Crippen LogP contribution in [0.25, 0.3) is 6.08 Å². The van der Waals surface area contributed by atoms with Crippen molar-refractivity contribution < 1.29 is 14.3 Å². The fourth-order valence-electron chi connectivity index (χ4n) is 2.84. The van der Waals surface area contributed by atoms with Crippen molar-refractivity contribution >= 4 is 12.0 Å². The normalized spacial score (nSPS) is 20.5. The SMILES string of the molecule is CC1(C)CCc2cc(C=CC(=O)N3CCOCC3)ccc2O1. The highest BCUT2D eigenvalue weighted by Crippen LogP contribution is 2.33. The van der Waals surface area contributed by atoms with Crippen molar-refractivity contribution in [2.24, 2.45) is 0 Å². The molecule has 1 aromatic carbocycles. The molecule has 2 aliphatic rings. The Hall–Kier alpha value is -1.81. The fraction of sp³-hybridized carbons (Fsp3) is 0.500. The molecule has 0 atom stereocenters. The number of amides is 1. The van der Waals surface area contributed by atoms with Gasteiger partial charge in [0, 0.05) is 19.2 Å². The molecule has 2 heterocycles. The van der Waals surface area contributed by atoms with Gasteiger partial charge in [0.25, 0.3) is 0 Å². The molecule has 118 valence electrons. The zero-order valence-electron chi connectivity index (χ0n) is 13.3. The van der Waals surface area contributed by atoms with E-state index in [2.05, 4.69) is 19.9 Å². The number of morpholine rings is 1. The first-order valence-corrected chi connectivity index (χ1v) is 7.90. The molecular formula is C18H23NO3. The number of hydrogen-bond acceptors (Lipinski definition) is 3. The number of hydrogen-bond donors (Lipinski definition) is 0. The lowest BCUT2D eigenvalue weighted by Gasteiger charge is -2.32. The maximum atomic E-state index is 12.1. The minimum atomic E-state index is -0.0867. The Morgan fingerprint density at radius 3 is 2.82 bits per heavy atom. The van der Waals surface area contributed by atoms with E-state index in [9.17, 15) is 4.79 Å². The summed E-state index contributed by atoms with van der Waals surface area (Å²) in [6.45, 7) is 6.85. The van der Waals surface area contributed by atoms with Gasteiger partial charge in [0.05, 0.1) is 13.2 Å². The van der Waals surface area contributed by atoms with Gasteiger partial charge in [0.2, 0.25) is 5.91 Å². The van der Waals surface area contributed by atoms with Gasteiger partial charge in [-0.15, -0.1) is 0 Å². The summed E-state index contributed by atoms with van der Waals surface area (Å²) in [5, 5.41) is 0. The number of rotatable bonds is 2. The Balaban J connectivity index is 1.68. The van der Waals surface area contributed by atoms with Crippen molar-refractivity contribution in [3.05, 3.63) is 35.4 Å². The summed E-state index contributed by atoms with van der Waals surface area (Å²) in [4.78, 5) is 13.9. The summed E-state index contributed by atoms with van der Waals surface area (Å²) in [5.41, 5.74) is 2.18. The van der Waals surface area contributed by atoms with Crippen molar-refractivity contribution in [1.29, 1.82) is 0 Å². The molecule has 0 bridgehead atoms. The number of carbonyl (C=O) groups excluding carboxylic acids is 1. The van der Waals surface area contributed by atoms with E-state index in [4.69, 9.17) is 9.47 Å². The number of ether oxygens (including phenoxy) is 2. The number of benzene rings is 1. The van der Waals surface area contributed by atoms with E-state index in [1.807, 2.05) is 23.1 Å². The van der Waals surface area contributed by atoms with E-state index < -0.39 is 0 Å². The highest BCUT2D eigenvalue weighted by Gasteiger charge is 2.26. The predicted molar refractivity (Wildman–Crippen MR) is 85.9 cm³/mol. The Bertz CT molecular complexity index is 586. The maximum absolute atomic E-state index is 12.1. The summed E-state index contributed by atoms with van der Waals surface area (Å²) in [6, 6.07) is 6.13. The van der Waals surface area contributed by atoms with E-state index in [0.717, 1.165) is 24.2 Å². The van der Waals surface area contributed by atoms with Gasteiger partial charge in [-0.05, 0) is 56.0 Å². The van der Waals surface area contributed by atoms with Crippen LogP contribution in [0.4, 0.5) is 0 Å². The average molecular weight is 301 g/mol. The van der Waals surface area contributed by atoms with Crippen LogP contribution in [0.3, 0.4) is 0 Å². The Labute approximate surface area is 131 Å². The summed E-state index contributed by atoms with van der Waals surface area (Å²) in [7, 11) is 0. The Kier molecular flexibility index (Phi) is 4.21. The highest BCUT2D eigenvalue weighted by molar-refractivity contribution is 5.91. The molecule has 0 spiro atoms. The molecule has 0 saturated carbocycles. The topological polar surface area (TPSA) is 38.8 Å². The molecule has 0 radical (unpaired) electrons. The van der Waals surface area contributed by atoms with Crippen molar-refractivity contribution in [3.8, 4) is 5.75 Å². The summed E-state index contributed by atoms with van der Waals surface area (Å²) >= 11 is 0. The third kappa shape index (κ3) is 3.50. The molecule has 0 aromatic heterocycles. The molecule has 0 unspecified atom stereocenters. The Morgan fingerprint density at radius 2 is 2.05 bits per heavy atom. The molecule has 3 rings (SSSR count). The molecule has 4 heteroatoms. The second kappa shape index (κ2) is 6.13. The number of aryl methyl sites for hydroxylation is 1. The van der Waals surface area contributed by atoms with Gasteiger partial charge < -0.3 is 14.4 Å². The van der Waals surface area contributed by atoms with Gasteiger partial charge in [0.1, 0.15) is 11.4 Å². The summed E-state index contributed by atoms with van der Waals surface area (Å²) < 4.78 is 11.2. The maximum Gasteiger partial charge on any atom is 0.246 e. The fourth-order valence-corrected chi connectivity index (χ4v) is 2.84. The largest absolute Gasteiger partial charge is 0.488 e. The summed E-state index contributed by atoms with van der Waals surface area (Å²) in [6.07, 6.45) is 5.57. The van der Waals surface area contributed by atoms with Gasteiger partial charge in [-0.25, -0.2) is 0 Å². The van der Waals surface area contributed by atoms with Gasteiger partial charge >= 0.3 is 0 Å². The number of nitrogens with zero attached hydrogens (tertiary/aromatic N) is 1. The van der Waals surface area contributed by atoms with Crippen LogP contribution in [0.5, 0.6) is 5.75 Å². The van der Waals surface area contributed by atoms with Gasteiger partial charge in [0.15, 0.2) is 0 Å². The van der Waals surface area contributed by atoms with Crippen LogP contribution in [-0.4, -0.2) is 42.7 Å². The quantitative estimate of drug-likeness (QED) is 0.788. The van der Waals surface area contributed by atoms with Crippen LogP contribution < -0.4 is 4.74 Å². The van der Waals surface area contributed by atoms with Crippen LogP contribution >= 0.6 is 0 Å². The lowest BCUT2D eigenvalue weighted by atomic mass is 9.93. The second-order valence-corrected chi connectivity index (χ2v) is 6.50. The van der Waals surface area contributed by atoms with E-state index in [0.29, 0.717) is 26.3 Å². The summed E-state index contributed by atoms with van der Waals surface area (Å²) in [5.74, 6) is 1.02. The highest BCUT2D eigenvalue weighted by atomic mass is 16.5. The third-order valence-corrected chi connectivity index (χ3v) is 4.21. The van der Waals surface area contributed by atoms with Crippen LogP contribution in [0.1, 0.15) is 31.4 Å². The van der Waals surface area contributed by atoms with E-state index >= 15 is 0 Å². The zero-order valence-corrected chi connectivity index (χ0v) is 13.3. The third-order valence-electron chi connectivity index (χ3n) is 4.21. The van der Waals surface area contributed by atoms with Gasteiger partial charge in [-0.1, -0.05) is 6.07 Å². The number of carbonyl (C=O) groups is 1.